The summed E-state index contributed by atoms with van der Waals surface area (Å²) in [7, 11) is -3.68. The largest absolute Gasteiger partial charge is 0.383 e. The first-order valence-electron chi connectivity index (χ1n) is 12.6. The second kappa shape index (κ2) is 9.93. The van der Waals surface area contributed by atoms with E-state index in [2.05, 4.69) is 46.3 Å². The highest BCUT2D eigenvalue weighted by Gasteiger charge is 2.39. The fraction of sp³-hybridized carbons (Fsp3) is 0.129. The van der Waals surface area contributed by atoms with E-state index in [0.29, 0.717) is 29.4 Å². The third kappa shape index (κ3) is 4.10. The zero-order valence-electron chi connectivity index (χ0n) is 20.8. The maximum Gasteiger partial charge on any atom is 0.245 e. The van der Waals surface area contributed by atoms with Crippen molar-refractivity contribution in [3.63, 3.8) is 0 Å². The molecular formula is C31H28N4O2S. The van der Waals surface area contributed by atoms with E-state index in [4.69, 9.17) is 4.98 Å². The van der Waals surface area contributed by atoms with Crippen LogP contribution < -0.4 is 5.32 Å². The van der Waals surface area contributed by atoms with Crippen molar-refractivity contribution in [2.24, 2.45) is 0 Å². The summed E-state index contributed by atoms with van der Waals surface area (Å²) in [6, 6.07) is 38.1. The van der Waals surface area contributed by atoms with Gasteiger partial charge in [0.05, 0.1) is 24.3 Å². The Morgan fingerprint density at radius 1 is 0.737 bits per heavy atom. The minimum atomic E-state index is -3.68. The number of hydrogen-bond acceptors (Lipinski definition) is 4. The Hall–Kier alpha value is -4.20. The summed E-state index contributed by atoms with van der Waals surface area (Å²) in [5.41, 5.74) is 3.88. The second-order valence-electron chi connectivity index (χ2n) is 9.34. The minimum absolute atomic E-state index is 0.180. The highest BCUT2D eigenvalue weighted by atomic mass is 32.2. The van der Waals surface area contributed by atoms with Crippen molar-refractivity contribution >= 4 is 15.7 Å². The van der Waals surface area contributed by atoms with Crippen LogP contribution in [-0.2, 0) is 22.1 Å². The fourth-order valence-electron chi connectivity index (χ4n) is 5.37. The molecule has 1 N–H and O–H groups in total. The molecule has 38 heavy (non-hydrogen) atoms. The average molecular weight is 521 g/mol. The first-order chi connectivity index (χ1) is 18.6. The van der Waals surface area contributed by atoms with Gasteiger partial charge in [0.1, 0.15) is 10.4 Å². The Labute approximate surface area is 223 Å². The van der Waals surface area contributed by atoms with Crippen LogP contribution in [0.2, 0.25) is 0 Å². The number of anilines is 1. The highest BCUT2D eigenvalue weighted by molar-refractivity contribution is 7.89. The molecule has 0 bridgehead atoms. The molecule has 1 aliphatic rings. The fourth-order valence-corrected chi connectivity index (χ4v) is 6.95. The number of sulfonamides is 1. The van der Waals surface area contributed by atoms with Crippen LogP contribution in [0.5, 0.6) is 0 Å². The standard InChI is InChI=1S/C31H28N4O2S/c36-38(37)30-19-11-10-18-29(30)32-20-21-35(38)23-28-22-34(24-33-28)31(25-12-4-1-5-13-25,26-14-6-2-7-15-26)27-16-8-3-9-17-27/h1-19,22,24,32H,20-21,23H2. The van der Waals surface area contributed by atoms with Gasteiger partial charge in [-0.25, -0.2) is 13.4 Å². The van der Waals surface area contributed by atoms with Gasteiger partial charge < -0.3 is 9.88 Å². The van der Waals surface area contributed by atoms with Crippen LogP contribution in [0.4, 0.5) is 5.69 Å². The number of nitrogens with zero attached hydrogens (tertiary/aromatic N) is 3. The molecule has 0 fully saturated rings. The molecule has 1 aliphatic heterocycles. The van der Waals surface area contributed by atoms with E-state index < -0.39 is 15.6 Å². The summed E-state index contributed by atoms with van der Waals surface area (Å²) in [5, 5.41) is 3.24. The van der Waals surface area contributed by atoms with E-state index in [1.54, 1.807) is 18.2 Å². The molecule has 6 rings (SSSR count). The zero-order chi connectivity index (χ0) is 26.0. The average Bonchev–Trinajstić information content (AvgIpc) is 3.39. The maximum absolute atomic E-state index is 13.5. The Kier molecular flexibility index (Phi) is 6.31. The van der Waals surface area contributed by atoms with Crippen molar-refractivity contribution in [1.82, 2.24) is 13.9 Å². The van der Waals surface area contributed by atoms with Gasteiger partial charge >= 0.3 is 0 Å². The Morgan fingerprint density at radius 3 is 1.84 bits per heavy atom. The van der Waals surface area contributed by atoms with Crippen molar-refractivity contribution in [1.29, 1.82) is 0 Å². The van der Waals surface area contributed by atoms with Crippen LogP contribution in [-0.4, -0.2) is 35.4 Å². The van der Waals surface area contributed by atoms with E-state index in [1.165, 1.54) is 4.31 Å². The lowest BCUT2D eigenvalue weighted by molar-refractivity contribution is 0.417. The number of hydrogen-bond donors (Lipinski definition) is 1. The van der Waals surface area contributed by atoms with Gasteiger partial charge in [-0.1, -0.05) is 103 Å². The topological polar surface area (TPSA) is 67.2 Å². The van der Waals surface area contributed by atoms with Crippen molar-refractivity contribution in [3.8, 4) is 0 Å². The van der Waals surface area contributed by atoms with Gasteiger partial charge in [0.15, 0.2) is 0 Å². The van der Waals surface area contributed by atoms with Crippen LogP contribution in [0, 0.1) is 0 Å². The molecule has 0 saturated heterocycles. The first-order valence-corrected chi connectivity index (χ1v) is 14.1. The molecule has 0 spiro atoms. The summed E-state index contributed by atoms with van der Waals surface area (Å²) < 4.78 is 30.7. The Balaban J connectivity index is 1.47. The summed E-state index contributed by atoms with van der Waals surface area (Å²) in [5.74, 6) is 0. The summed E-state index contributed by atoms with van der Waals surface area (Å²) >= 11 is 0. The number of para-hydroxylation sites is 1. The van der Waals surface area contributed by atoms with Crippen molar-refractivity contribution in [2.75, 3.05) is 18.4 Å². The van der Waals surface area contributed by atoms with Crippen molar-refractivity contribution in [2.45, 2.75) is 17.0 Å². The molecule has 0 aliphatic carbocycles. The van der Waals surface area contributed by atoms with Crippen molar-refractivity contribution < 1.29 is 8.42 Å². The van der Waals surface area contributed by atoms with Gasteiger partial charge in [-0.15, -0.1) is 0 Å². The predicted molar refractivity (Wildman–Crippen MR) is 149 cm³/mol. The SMILES string of the molecule is O=S1(=O)c2ccccc2NCCN1Cc1cn(C(c2ccccc2)(c2ccccc2)c2ccccc2)cn1. The molecule has 0 unspecified atom stereocenters. The van der Waals surface area contributed by atoms with Crippen LogP contribution >= 0.6 is 0 Å². The third-order valence-electron chi connectivity index (χ3n) is 7.12. The van der Waals surface area contributed by atoms with Crippen LogP contribution in [0.3, 0.4) is 0 Å². The van der Waals surface area contributed by atoms with E-state index in [0.717, 1.165) is 16.7 Å². The molecular weight excluding hydrogens is 492 g/mol. The molecule has 0 amide bonds. The molecule has 0 saturated carbocycles. The molecule has 6 nitrogen and oxygen atoms in total. The Bertz CT molecular complexity index is 1540. The molecule has 7 heteroatoms. The molecule has 0 atom stereocenters. The van der Waals surface area contributed by atoms with Gasteiger partial charge in [0, 0.05) is 19.3 Å². The zero-order valence-corrected chi connectivity index (χ0v) is 21.6. The normalized spacial score (nSPS) is 15.3. The molecule has 190 valence electrons. The van der Waals surface area contributed by atoms with Crippen LogP contribution in [0.25, 0.3) is 0 Å². The second-order valence-corrected chi connectivity index (χ2v) is 11.2. The summed E-state index contributed by atoms with van der Waals surface area (Å²) in [4.78, 5) is 5.04. The number of aromatic nitrogens is 2. The van der Waals surface area contributed by atoms with E-state index in [9.17, 15) is 8.42 Å². The number of rotatable bonds is 6. The van der Waals surface area contributed by atoms with Gasteiger partial charge in [-0.3, -0.25) is 0 Å². The number of imidazole rings is 1. The molecule has 5 aromatic rings. The molecule has 1 aromatic heterocycles. The lowest BCUT2D eigenvalue weighted by Crippen LogP contribution is -2.37. The minimum Gasteiger partial charge on any atom is -0.383 e. The Morgan fingerprint density at radius 2 is 1.26 bits per heavy atom. The summed E-state index contributed by atoms with van der Waals surface area (Å²) in [6.07, 6.45) is 3.80. The molecule has 4 aromatic carbocycles. The first kappa shape index (κ1) is 24.2. The van der Waals surface area contributed by atoms with Gasteiger partial charge in [0.2, 0.25) is 10.0 Å². The number of nitrogens with one attached hydrogen (secondary N) is 1. The quantitative estimate of drug-likeness (QED) is 0.307. The number of benzene rings is 4. The van der Waals surface area contributed by atoms with E-state index >= 15 is 0 Å². The van der Waals surface area contributed by atoms with Crippen LogP contribution in [0.15, 0.2) is 133 Å². The van der Waals surface area contributed by atoms with Gasteiger partial charge in [0.25, 0.3) is 0 Å². The van der Waals surface area contributed by atoms with Crippen molar-refractivity contribution in [3.05, 3.63) is 150 Å². The summed E-state index contributed by atoms with van der Waals surface area (Å²) in [6.45, 7) is 1.06. The van der Waals surface area contributed by atoms with E-state index in [1.807, 2.05) is 73.2 Å². The van der Waals surface area contributed by atoms with Gasteiger partial charge in [-0.05, 0) is 28.8 Å². The molecule has 0 radical (unpaired) electrons. The maximum atomic E-state index is 13.5. The van der Waals surface area contributed by atoms with Crippen LogP contribution in [0.1, 0.15) is 22.4 Å². The smallest absolute Gasteiger partial charge is 0.245 e. The number of fused-ring (bicyclic) bond motifs is 1. The van der Waals surface area contributed by atoms with Gasteiger partial charge in [-0.2, -0.15) is 4.31 Å². The van der Waals surface area contributed by atoms with E-state index in [-0.39, 0.29) is 6.54 Å². The lowest BCUT2D eigenvalue weighted by atomic mass is 9.77. The predicted octanol–water partition coefficient (Wildman–Crippen LogP) is 5.34. The molecule has 2 heterocycles. The lowest BCUT2D eigenvalue weighted by Gasteiger charge is -2.37. The monoisotopic (exact) mass is 520 g/mol. The highest BCUT2D eigenvalue weighted by Crippen LogP contribution is 2.41. The third-order valence-corrected chi connectivity index (χ3v) is 9.02.